The molecular weight excluding hydrogens is 254 g/mol. The maximum absolute atomic E-state index is 5.68. The van der Waals surface area contributed by atoms with Crippen LogP contribution < -0.4 is 0 Å². The van der Waals surface area contributed by atoms with E-state index in [1.807, 2.05) is 0 Å². The highest BCUT2D eigenvalue weighted by Gasteiger charge is 2.10. The average molecular weight is 291 g/mol. The molecule has 0 heterocycles. The minimum atomic E-state index is -0.0789. The van der Waals surface area contributed by atoms with Gasteiger partial charge < -0.3 is 19.1 Å². The van der Waals surface area contributed by atoms with E-state index in [1.165, 1.54) is 0 Å². The molecule has 0 spiro atoms. The zero-order chi connectivity index (χ0) is 14.9. The fourth-order valence-electron chi connectivity index (χ4n) is 1.35. The molecule has 0 saturated carbocycles. The van der Waals surface area contributed by atoms with Crippen molar-refractivity contribution < 1.29 is 14.2 Å². The fourth-order valence-corrected chi connectivity index (χ4v) is 1.35. The van der Waals surface area contributed by atoms with Gasteiger partial charge in [-0.05, 0) is 48.6 Å². The van der Waals surface area contributed by atoms with Crippen molar-refractivity contribution in [2.24, 2.45) is 0 Å². The van der Waals surface area contributed by atoms with Crippen LogP contribution in [0, 0.1) is 0 Å². The first-order valence-electron chi connectivity index (χ1n) is 7.14. The van der Waals surface area contributed by atoms with Crippen molar-refractivity contribution in [3.05, 3.63) is 0 Å². The van der Waals surface area contributed by atoms with Gasteiger partial charge in [-0.15, -0.1) is 0 Å². The summed E-state index contributed by atoms with van der Waals surface area (Å²) in [5.74, 6) is 0. The summed E-state index contributed by atoms with van der Waals surface area (Å²) >= 11 is 0. The molecule has 4 nitrogen and oxygen atoms in total. The SMILES string of the molecule is C.CN(CCOCCOC(C)(C)C)CCOC(C)(C)C. The van der Waals surface area contributed by atoms with Gasteiger partial charge in [0.05, 0.1) is 37.6 Å². The lowest BCUT2D eigenvalue weighted by Gasteiger charge is -2.23. The number of rotatable bonds is 9. The first kappa shape index (κ1) is 22.1. The summed E-state index contributed by atoms with van der Waals surface area (Å²) in [4.78, 5) is 2.22. The predicted molar refractivity (Wildman–Crippen MR) is 86.5 cm³/mol. The summed E-state index contributed by atoms with van der Waals surface area (Å²) in [5, 5.41) is 0. The van der Waals surface area contributed by atoms with Crippen molar-refractivity contribution in [3.63, 3.8) is 0 Å². The Morgan fingerprint density at radius 3 is 1.65 bits per heavy atom. The number of hydrogen-bond donors (Lipinski definition) is 0. The Hall–Kier alpha value is -0.160. The second-order valence-corrected chi connectivity index (χ2v) is 6.84. The van der Waals surface area contributed by atoms with Crippen LogP contribution in [0.5, 0.6) is 0 Å². The quantitative estimate of drug-likeness (QED) is 0.610. The van der Waals surface area contributed by atoms with E-state index in [9.17, 15) is 0 Å². The monoisotopic (exact) mass is 291 g/mol. The van der Waals surface area contributed by atoms with Gasteiger partial charge in [-0.2, -0.15) is 0 Å². The topological polar surface area (TPSA) is 30.9 Å². The van der Waals surface area contributed by atoms with Crippen molar-refractivity contribution >= 4 is 0 Å². The molecule has 0 aliphatic rings. The van der Waals surface area contributed by atoms with E-state index in [0.717, 1.165) is 26.3 Å². The summed E-state index contributed by atoms with van der Waals surface area (Å²) in [6.07, 6.45) is 0. The lowest BCUT2D eigenvalue weighted by molar-refractivity contribution is -0.0386. The van der Waals surface area contributed by atoms with Crippen LogP contribution in [0.4, 0.5) is 0 Å². The van der Waals surface area contributed by atoms with Gasteiger partial charge in [0.2, 0.25) is 0 Å². The van der Waals surface area contributed by atoms with Crippen molar-refractivity contribution in [1.82, 2.24) is 4.90 Å². The van der Waals surface area contributed by atoms with Crippen LogP contribution in [0.1, 0.15) is 49.0 Å². The minimum Gasteiger partial charge on any atom is -0.378 e. The molecule has 0 bridgehead atoms. The second-order valence-electron chi connectivity index (χ2n) is 6.84. The van der Waals surface area contributed by atoms with Crippen LogP contribution in [0.25, 0.3) is 0 Å². The van der Waals surface area contributed by atoms with E-state index in [1.54, 1.807) is 0 Å². The van der Waals surface area contributed by atoms with E-state index in [0.29, 0.717) is 13.2 Å². The highest BCUT2D eigenvalue weighted by Crippen LogP contribution is 2.06. The Balaban J connectivity index is 0. The average Bonchev–Trinajstić information content (AvgIpc) is 2.19. The summed E-state index contributed by atoms with van der Waals surface area (Å²) in [7, 11) is 2.08. The van der Waals surface area contributed by atoms with Gasteiger partial charge in [0.15, 0.2) is 0 Å². The maximum Gasteiger partial charge on any atom is 0.0707 e. The van der Waals surface area contributed by atoms with Gasteiger partial charge in [0.1, 0.15) is 0 Å². The standard InChI is InChI=1S/C15H33NO3.CH4/c1-14(2,3)18-11-9-16(7)8-10-17-12-13-19-15(4,5)6;/h8-13H2,1-7H3;1H4. The molecule has 0 rings (SSSR count). The molecule has 0 amide bonds. The van der Waals surface area contributed by atoms with E-state index >= 15 is 0 Å². The predicted octanol–water partition coefficient (Wildman–Crippen LogP) is 3.20. The summed E-state index contributed by atoms with van der Waals surface area (Å²) in [6.45, 7) is 17.0. The molecule has 0 radical (unpaired) electrons. The molecule has 0 aliphatic heterocycles. The Labute approximate surface area is 126 Å². The molecule has 0 N–H and O–H groups in total. The highest BCUT2D eigenvalue weighted by molar-refractivity contribution is 4.60. The summed E-state index contributed by atoms with van der Waals surface area (Å²) in [6, 6.07) is 0. The van der Waals surface area contributed by atoms with Crippen molar-refractivity contribution in [2.45, 2.75) is 60.2 Å². The van der Waals surface area contributed by atoms with Gasteiger partial charge in [0, 0.05) is 13.1 Å². The van der Waals surface area contributed by atoms with Gasteiger partial charge in [-0.3, -0.25) is 0 Å². The fraction of sp³-hybridized carbons (Fsp3) is 1.00. The van der Waals surface area contributed by atoms with Crippen molar-refractivity contribution in [1.29, 1.82) is 0 Å². The third kappa shape index (κ3) is 17.8. The molecule has 0 atom stereocenters. The molecule has 0 aliphatic carbocycles. The molecule has 0 saturated heterocycles. The third-order valence-corrected chi connectivity index (χ3v) is 2.39. The molecule has 0 aromatic rings. The molecule has 124 valence electrons. The summed E-state index contributed by atoms with van der Waals surface area (Å²) < 4.78 is 16.8. The number of nitrogens with zero attached hydrogens (tertiary/aromatic N) is 1. The number of ether oxygens (including phenoxy) is 3. The smallest absolute Gasteiger partial charge is 0.0707 e. The third-order valence-electron chi connectivity index (χ3n) is 2.39. The normalized spacial score (nSPS) is 12.6. The van der Waals surface area contributed by atoms with Crippen molar-refractivity contribution in [2.75, 3.05) is 46.6 Å². The van der Waals surface area contributed by atoms with E-state index in [2.05, 4.69) is 53.5 Å². The van der Waals surface area contributed by atoms with Crippen LogP contribution in [0.2, 0.25) is 0 Å². The highest BCUT2D eigenvalue weighted by atomic mass is 16.5. The Morgan fingerprint density at radius 2 is 1.15 bits per heavy atom. The molecule has 0 unspecified atom stereocenters. The Bertz CT molecular complexity index is 219. The molecule has 0 aromatic carbocycles. The Morgan fingerprint density at radius 1 is 0.700 bits per heavy atom. The summed E-state index contributed by atoms with van der Waals surface area (Å²) in [5.41, 5.74) is -0.133. The molecule has 0 fully saturated rings. The molecular formula is C16H37NO3. The largest absolute Gasteiger partial charge is 0.378 e. The van der Waals surface area contributed by atoms with Gasteiger partial charge in [0.25, 0.3) is 0 Å². The van der Waals surface area contributed by atoms with Crippen LogP contribution in [-0.4, -0.2) is 62.7 Å². The number of likely N-dealkylation sites (N-methyl/N-ethyl adjacent to an activating group) is 1. The molecule has 4 heteroatoms. The van der Waals surface area contributed by atoms with Crippen LogP contribution in [0.3, 0.4) is 0 Å². The van der Waals surface area contributed by atoms with Crippen molar-refractivity contribution in [3.8, 4) is 0 Å². The maximum atomic E-state index is 5.68. The first-order valence-corrected chi connectivity index (χ1v) is 7.14. The zero-order valence-corrected chi connectivity index (χ0v) is 13.9. The van der Waals surface area contributed by atoms with Gasteiger partial charge in [-0.25, -0.2) is 0 Å². The minimum absolute atomic E-state index is 0. The first-order chi connectivity index (χ1) is 8.60. The van der Waals surface area contributed by atoms with E-state index < -0.39 is 0 Å². The number of hydrogen-bond acceptors (Lipinski definition) is 4. The van der Waals surface area contributed by atoms with Gasteiger partial charge in [-0.1, -0.05) is 7.43 Å². The lowest BCUT2D eigenvalue weighted by Crippen LogP contribution is -2.30. The molecule has 20 heavy (non-hydrogen) atoms. The van der Waals surface area contributed by atoms with Crippen LogP contribution in [-0.2, 0) is 14.2 Å². The molecule has 0 aromatic heterocycles. The zero-order valence-electron chi connectivity index (χ0n) is 13.9. The van der Waals surface area contributed by atoms with Crippen LogP contribution in [0.15, 0.2) is 0 Å². The second kappa shape index (κ2) is 10.6. The Kier molecular flexibility index (Phi) is 11.7. The van der Waals surface area contributed by atoms with E-state index in [4.69, 9.17) is 14.2 Å². The van der Waals surface area contributed by atoms with Gasteiger partial charge >= 0.3 is 0 Å². The van der Waals surface area contributed by atoms with E-state index in [-0.39, 0.29) is 18.6 Å². The lowest BCUT2D eigenvalue weighted by atomic mass is 10.2. The van der Waals surface area contributed by atoms with Crippen LogP contribution >= 0.6 is 0 Å².